The molecule has 2 aliphatic heterocycles. The molecule has 0 spiro atoms. The van der Waals surface area contributed by atoms with Crippen molar-refractivity contribution in [2.24, 2.45) is 0 Å². The van der Waals surface area contributed by atoms with Crippen molar-refractivity contribution in [1.29, 1.82) is 0 Å². The molecular formula is C26H33N3O3. The van der Waals surface area contributed by atoms with Crippen molar-refractivity contribution in [2.75, 3.05) is 38.2 Å². The standard InChI is InChI=1S/C26H33N3O3/c1-20(30)27-24-9-7-22(8-10-24)26(31)29(25-12-17-32-18-13-25)15-4-14-28-16-11-21-5-2-3-6-23(21)19-28/h2-3,5-10,25H,4,11-19H2,1H3,(H,27,30). The number of carbonyl (C=O) groups is 2. The zero-order valence-corrected chi connectivity index (χ0v) is 18.9. The quantitative estimate of drug-likeness (QED) is 0.720. The Kier molecular flexibility index (Phi) is 7.55. The molecule has 1 saturated heterocycles. The number of nitrogens with one attached hydrogen (secondary N) is 1. The zero-order valence-electron chi connectivity index (χ0n) is 18.9. The molecule has 0 unspecified atom stereocenters. The van der Waals surface area contributed by atoms with Gasteiger partial charge in [-0.15, -0.1) is 0 Å². The van der Waals surface area contributed by atoms with Crippen molar-refractivity contribution in [3.63, 3.8) is 0 Å². The van der Waals surface area contributed by atoms with E-state index >= 15 is 0 Å². The van der Waals surface area contributed by atoms with Crippen molar-refractivity contribution >= 4 is 17.5 Å². The number of fused-ring (bicyclic) bond motifs is 1. The summed E-state index contributed by atoms with van der Waals surface area (Å²) in [7, 11) is 0. The predicted octanol–water partition coefficient (Wildman–Crippen LogP) is 3.71. The van der Waals surface area contributed by atoms with Crippen LogP contribution in [0.15, 0.2) is 48.5 Å². The van der Waals surface area contributed by atoms with Gasteiger partial charge in [-0.3, -0.25) is 14.5 Å². The first-order valence-corrected chi connectivity index (χ1v) is 11.7. The summed E-state index contributed by atoms with van der Waals surface area (Å²) in [6.45, 7) is 6.70. The number of nitrogens with zero attached hydrogens (tertiary/aromatic N) is 2. The van der Waals surface area contributed by atoms with Crippen molar-refractivity contribution < 1.29 is 14.3 Å². The molecule has 6 nitrogen and oxygen atoms in total. The Hall–Kier alpha value is -2.70. The minimum Gasteiger partial charge on any atom is -0.381 e. The highest BCUT2D eigenvalue weighted by Crippen LogP contribution is 2.21. The average molecular weight is 436 g/mol. The summed E-state index contributed by atoms with van der Waals surface area (Å²) in [6, 6.07) is 16.1. The highest BCUT2D eigenvalue weighted by atomic mass is 16.5. The molecule has 0 radical (unpaired) electrons. The molecule has 1 fully saturated rings. The second kappa shape index (κ2) is 10.7. The van der Waals surface area contributed by atoms with E-state index in [0.717, 1.165) is 51.9 Å². The van der Waals surface area contributed by atoms with Crippen molar-refractivity contribution in [3.8, 4) is 0 Å². The van der Waals surface area contributed by atoms with Gasteiger partial charge in [0.15, 0.2) is 0 Å². The molecule has 4 rings (SSSR count). The van der Waals surface area contributed by atoms with Crippen LogP contribution in [0.2, 0.25) is 0 Å². The van der Waals surface area contributed by atoms with E-state index < -0.39 is 0 Å². The van der Waals surface area contributed by atoms with E-state index in [2.05, 4.69) is 34.5 Å². The third kappa shape index (κ3) is 5.75. The van der Waals surface area contributed by atoms with Crippen LogP contribution in [0, 0.1) is 0 Å². The number of rotatable bonds is 7. The van der Waals surface area contributed by atoms with Crippen molar-refractivity contribution in [1.82, 2.24) is 9.80 Å². The molecule has 0 aliphatic carbocycles. The maximum absolute atomic E-state index is 13.4. The largest absolute Gasteiger partial charge is 0.381 e. The van der Waals surface area contributed by atoms with Crippen LogP contribution in [0.4, 0.5) is 5.69 Å². The lowest BCUT2D eigenvalue weighted by Crippen LogP contribution is -2.45. The summed E-state index contributed by atoms with van der Waals surface area (Å²) in [5, 5.41) is 2.76. The van der Waals surface area contributed by atoms with Crippen LogP contribution < -0.4 is 5.32 Å². The summed E-state index contributed by atoms with van der Waals surface area (Å²) in [6.07, 6.45) is 3.81. The van der Waals surface area contributed by atoms with E-state index in [4.69, 9.17) is 4.74 Å². The minimum absolute atomic E-state index is 0.0651. The van der Waals surface area contributed by atoms with Gasteiger partial charge in [-0.25, -0.2) is 0 Å². The van der Waals surface area contributed by atoms with Gasteiger partial charge in [0.2, 0.25) is 5.91 Å². The van der Waals surface area contributed by atoms with E-state index in [-0.39, 0.29) is 17.9 Å². The molecule has 2 aromatic carbocycles. The van der Waals surface area contributed by atoms with Gasteiger partial charge < -0.3 is 15.0 Å². The van der Waals surface area contributed by atoms with E-state index in [1.807, 2.05) is 17.0 Å². The molecule has 0 atom stereocenters. The summed E-state index contributed by atoms with van der Waals surface area (Å²) >= 11 is 0. The van der Waals surface area contributed by atoms with Crippen LogP contribution >= 0.6 is 0 Å². The highest BCUT2D eigenvalue weighted by molar-refractivity contribution is 5.95. The number of carbonyl (C=O) groups excluding carboxylic acids is 2. The lowest BCUT2D eigenvalue weighted by molar-refractivity contribution is -0.114. The van der Waals surface area contributed by atoms with E-state index in [0.29, 0.717) is 24.5 Å². The minimum atomic E-state index is -0.117. The number of benzene rings is 2. The molecule has 1 N–H and O–H groups in total. The normalized spacial score (nSPS) is 16.9. The van der Waals surface area contributed by atoms with Gasteiger partial charge >= 0.3 is 0 Å². The van der Waals surface area contributed by atoms with Gasteiger partial charge in [-0.1, -0.05) is 24.3 Å². The molecule has 0 aromatic heterocycles. The third-order valence-corrected chi connectivity index (χ3v) is 6.43. The number of hydrogen-bond acceptors (Lipinski definition) is 4. The Labute approximate surface area is 190 Å². The van der Waals surface area contributed by atoms with Gasteiger partial charge in [-0.05, 0) is 61.1 Å². The maximum Gasteiger partial charge on any atom is 0.254 e. The molecule has 2 aromatic rings. The Morgan fingerprint density at radius 1 is 1.06 bits per heavy atom. The second-order valence-electron chi connectivity index (χ2n) is 8.75. The summed E-state index contributed by atoms with van der Waals surface area (Å²) in [5.74, 6) is -0.0523. The molecule has 32 heavy (non-hydrogen) atoms. The van der Waals surface area contributed by atoms with Crippen molar-refractivity contribution in [2.45, 2.75) is 45.2 Å². The first kappa shape index (κ1) is 22.5. The fourth-order valence-electron chi connectivity index (χ4n) is 4.72. The molecule has 2 aliphatic rings. The first-order valence-electron chi connectivity index (χ1n) is 11.7. The van der Waals surface area contributed by atoms with Gasteiger partial charge in [0.05, 0.1) is 0 Å². The smallest absolute Gasteiger partial charge is 0.254 e. The third-order valence-electron chi connectivity index (χ3n) is 6.43. The predicted molar refractivity (Wildman–Crippen MR) is 126 cm³/mol. The number of ether oxygens (including phenoxy) is 1. The van der Waals surface area contributed by atoms with Crippen LogP contribution in [0.3, 0.4) is 0 Å². The molecule has 0 saturated carbocycles. The van der Waals surface area contributed by atoms with Crippen LogP contribution in [0.25, 0.3) is 0 Å². The van der Waals surface area contributed by atoms with Crippen LogP contribution in [-0.2, 0) is 22.5 Å². The number of anilines is 1. The van der Waals surface area contributed by atoms with Gasteiger partial charge in [0, 0.05) is 63.6 Å². The molecule has 2 heterocycles. The van der Waals surface area contributed by atoms with Crippen molar-refractivity contribution in [3.05, 3.63) is 65.2 Å². The van der Waals surface area contributed by atoms with Crippen LogP contribution in [-0.4, -0.2) is 60.5 Å². The number of hydrogen-bond donors (Lipinski definition) is 1. The molecule has 6 heteroatoms. The van der Waals surface area contributed by atoms with Crippen LogP contribution in [0.5, 0.6) is 0 Å². The Morgan fingerprint density at radius 3 is 2.50 bits per heavy atom. The van der Waals surface area contributed by atoms with Gasteiger partial charge in [-0.2, -0.15) is 0 Å². The second-order valence-corrected chi connectivity index (χ2v) is 8.75. The lowest BCUT2D eigenvalue weighted by Gasteiger charge is -2.35. The molecule has 0 bridgehead atoms. The van der Waals surface area contributed by atoms with Gasteiger partial charge in [0.1, 0.15) is 0 Å². The monoisotopic (exact) mass is 435 g/mol. The molecule has 2 amide bonds. The molecular weight excluding hydrogens is 402 g/mol. The zero-order chi connectivity index (χ0) is 22.3. The topological polar surface area (TPSA) is 61.9 Å². The Balaban J connectivity index is 1.38. The summed E-state index contributed by atoms with van der Waals surface area (Å²) in [5.41, 5.74) is 4.26. The van der Waals surface area contributed by atoms with Gasteiger partial charge in [0.25, 0.3) is 5.91 Å². The van der Waals surface area contributed by atoms with E-state index in [1.54, 1.807) is 12.1 Å². The first-order chi connectivity index (χ1) is 15.6. The summed E-state index contributed by atoms with van der Waals surface area (Å²) in [4.78, 5) is 29.2. The van der Waals surface area contributed by atoms with E-state index in [1.165, 1.54) is 18.1 Å². The highest BCUT2D eigenvalue weighted by Gasteiger charge is 2.27. The Morgan fingerprint density at radius 2 is 1.78 bits per heavy atom. The SMILES string of the molecule is CC(=O)Nc1ccc(C(=O)N(CCCN2CCc3ccccc3C2)C2CCOCC2)cc1. The summed E-state index contributed by atoms with van der Waals surface area (Å²) < 4.78 is 5.53. The van der Waals surface area contributed by atoms with Crippen LogP contribution in [0.1, 0.15) is 47.7 Å². The fraction of sp³-hybridized carbons (Fsp3) is 0.462. The maximum atomic E-state index is 13.4. The lowest BCUT2D eigenvalue weighted by atomic mass is 10.00. The average Bonchev–Trinajstić information content (AvgIpc) is 2.82. The number of amides is 2. The fourth-order valence-corrected chi connectivity index (χ4v) is 4.72. The molecule has 170 valence electrons. The van der Waals surface area contributed by atoms with E-state index in [9.17, 15) is 9.59 Å². The Bertz CT molecular complexity index is 922.